The number of hydrogen-bond acceptors (Lipinski definition) is 7. The van der Waals surface area contributed by atoms with Gasteiger partial charge in [0.1, 0.15) is 41.9 Å². The van der Waals surface area contributed by atoms with E-state index in [0.29, 0.717) is 23.6 Å². The zero-order valence-electron chi connectivity index (χ0n) is 19.3. The molecule has 8 heteroatoms. The Kier molecular flexibility index (Phi) is 8.15. The molecule has 186 valence electrons. The molecule has 0 amide bonds. The summed E-state index contributed by atoms with van der Waals surface area (Å²) in [5, 5.41) is 40.7. The van der Waals surface area contributed by atoms with Crippen molar-refractivity contribution in [2.75, 3.05) is 20.3 Å². The van der Waals surface area contributed by atoms with Gasteiger partial charge in [0.2, 0.25) is 0 Å². The topological polar surface area (TPSA) is 109 Å². The lowest BCUT2D eigenvalue weighted by molar-refractivity contribution is -0.231. The molecule has 0 bridgehead atoms. The summed E-state index contributed by atoms with van der Waals surface area (Å²) in [6, 6.07) is 13.2. The van der Waals surface area contributed by atoms with Crippen molar-refractivity contribution in [1.82, 2.24) is 0 Å². The summed E-state index contributed by atoms with van der Waals surface area (Å²) >= 11 is 6.46. The molecule has 2 fully saturated rings. The third kappa shape index (κ3) is 5.41. The minimum absolute atomic E-state index is 0.251. The molecule has 2 aromatic rings. The summed E-state index contributed by atoms with van der Waals surface area (Å²) in [5.74, 6) is 0.809. The molecule has 1 heterocycles. The lowest BCUT2D eigenvalue weighted by atomic mass is 9.90. The first kappa shape index (κ1) is 25.4. The maximum Gasteiger partial charge on any atom is 0.132 e. The zero-order valence-corrected chi connectivity index (χ0v) is 20.0. The van der Waals surface area contributed by atoms with E-state index >= 15 is 0 Å². The molecule has 0 spiro atoms. The fraction of sp³-hybridized carbons (Fsp3) is 0.538. The van der Waals surface area contributed by atoms with Crippen LogP contribution in [0, 0.1) is 0 Å². The second-order valence-electron chi connectivity index (χ2n) is 9.35. The van der Waals surface area contributed by atoms with E-state index in [1.165, 1.54) is 0 Å². The van der Waals surface area contributed by atoms with Gasteiger partial charge in [-0.3, -0.25) is 0 Å². The predicted octanol–water partition coefficient (Wildman–Crippen LogP) is 2.78. The van der Waals surface area contributed by atoms with Crippen molar-refractivity contribution >= 4 is 11.6 Å². The summed E-state index contributed by atoms with van der Waals surface area (Å²) in [6.07, 6.45) is -1.20. The first-order valence-electron chi connectivity index (χ1n) is 11.7. The van der Waals surface area contributed by atoms with Crippen molar-refractivity contribution in [3.63, 3.8) is 0 Å². The van der Waals surface area contributed by atoms with Crippen LogP contribution in [0.5, 0.6) is 5.75 Å². The third-order valence-corrected chi connectivity index (χ3v) is 7.23. The van der Waals surface area contributed by atoms with Gasteiger partial charge in [-0.1, -0.05) is 35.9 Å². The minimum atomic E-state index is -1.43. The highest BCUT2D eigenvalue weighted by Gasteiger charge is 2.44. The third-order valence-electron chi connectivity index (χ3n) is 6.87. The van der Waals surface area contributed by atoms with E-state index in [9.17, 15) is 20.4 Å². The van der Waals surface area contributed by atoms with Gasteiger partial charge in [-0.05, 0) is 67.0 Å². The molecule has 4 rings (SSSR count). The average molecular weight is 493 g/mol. The second kappa shape index (κ2) is 10.9. The van der Waals surface area contributed by atoms with Crippen molar-refractivity contribution in [2.45, 2.75) is 68.2 Å². The minimum Gasteiger partial charge on any atom is -0.485 e. The van der Waals surface area contributed by atoms with Crippen molar-refractivity contribution in [2.24, 2.45) is 0 Å². The van der Waals surface area contributed by atoms with Crippen molar-refractivity contribution in [1.29, 1.82) is 0 Å². The molecule has 1 aliphatic carbocycles. The van der Waals surface area contributed by atoms with Crippen LogP contribution in [-0.2, 0) is 15.9 Å². The fourth-order valence-corrected chi connectivity index (χ4v) is 5.17. The Hall–Kier alpha value is -1.71. The number of benzene rings is 2. The van der Waals surface area contributed by atoms with E-state index in [0.717, 1.165) is 42.6 Å². The molecule has 2 aromatic carbocycles. The Balaban J connectivity index is 1.48. The molecule has 1 aliphatic heterocycles. The average Bonchev–Trinajstić information content (AvgIpc) is 3.29. The first-order valence-corrected chi connectivity index (χ1v) is 12.1. The van der Waals surface area contributed by atoms with Crippen LogP contribution in [-0.4, -0.2) is 70.8 Å². The first-order chi connectivity index (χ1) is 16.4. The Morgan fingerprint density at radius 1 is 1.00 bits per heavy atom. The fourth-order valence-electron chi connectivity index (χ4n) is 4.99. The number of hydrogen-bond donors (Lipinski definition) is 4. The quantitative estimate of drug-likeness (QED) is 0.448. The number of ether oxygens (including phenoxy) is 3. The number of aliphatic hydroxyl groups excluding tert-OH is 4. The lowest BCUT2D eigenvalue weighted by Gasteiger charge is -2.40. The van der Waals surface area contributed by atoms with Gasteiger partial charge in [0, 0.05) is 12.1 Å². The van der Waals surface area contributed by atoms with E-state index in [2.05, 4.69) is 0 Å². The molecule has 1 saturated heterocycles. The summed E-state index contributed by atoms with van der Waals surface area (Å²) in [6.45, 7) is 0.108. The lowest BCUT2D eigenvalue weighted by Crippen LogP contribution is -2.55. The summed E-state index contributed by atoms with van der Waals surface area (Å²) < 4.78 is 17.4. The number of halogens is 1. The molecule has 7 nitrogen and oxygen atoms in total. The Bertz CT molecular complexity index is 943. The van der Waals surface area contributed by atoms with Gasteiger partial charge in [-0.25, -0.2) is 0 Å². The van der Waals surface area contributed by atoms with Crippen LogP contribution in [0.25, 0.3) is 0 Å². The van der Waals surface area contributed by atoms with Crippen molar-refractivity contribution in [3.05, 3.63) is 64.2 Å². The van der Waals surface area contributed by atoms with Crippen LogP contribution in [0.2, 0.25) is 5.02 Å². The number of aliphatic hydroxyl groups is 4. The molecular formula is C26H33ClO7. The summed E-state index contributed by atoms with van der Waals surface area (Å²) in [5.41, 5.74) is 2.22. The molecule has 1 saturated carbocycles. The number of methoxy groups -OCH3 is 1. The SMILES string of the molecule is COCC1(Oc2ccc(Cc3cc([C@@H]4O[C@H](CO)[C@@H](O)[C@H](O)[C@H]4O)ccc3Cl)cc2)CCCC1. The molecule has 0 unspecified atom stereocenters. The van der Waals surface area contributed by atoms with Crippen LogP contribution < -0.4 is 4.74 Å². The van der Waals surface area contributed by atoms with Crippen LogP contribution in [0.15, 0.2) is 42.5 Å². The normalized spacial score (nSPS) is 28.7. The Morgan fingerprint density at radius 2 is 1.71 bits per heavy atom. The summed E-state index contributed by atoms with van der Waals surface area (Å²) in [7, 11) is 1.70. The molecular weight excluding hydrogens is 460 g/mol. The standard InChI is InChI=1S/C26H33ClO7/c1-32-15-26(10-2-3-11-26)34-19-7-4-16(5-8-19)12-18-13-17(6-9-20(18)27)25-24(31)23(30)22(29)21(14-28)33-25/h4-9,13,21-25,28-31H,2-3,10-12,14-15H2,1H3/t21-,22-,23+,24-,25+/m1/s1. The zero-order chi connectivity index (χ0) is 24.3. The largest absolute Gasteiger partial charge is 0.485 e. The van der Waals surface area contributed by atoms with E-state index in [-0.39, 0.29) is 5.60 Å². The van der Waals surface area contributed by atoms with Gasteiger partial charge in [0.05, 0.1) is 13.2 Å². The molecule has 5 atom stereocenters. The van der Waals surface area contributed by atoms with Gasteiger partial charge in [0.25, 0.3) is 0 Å². The van der Waals surface area contributed by atoms with Crippen LogP contribution >= 0.6 is 11.6 Å². The molecule has 34 heavy (non-hydrogen) atoms. The molecule has 0 radical (unpaired) electrons. The Labute approximate surface area is 204 Å². The van der Waals surface area contributed by atoms with Gasteiger partial charge >= 0.3 is 0 Å². The van der Waals surface area contributed by atoms with E-state index < -0.39 is 37.1 Å². The van der Waals surface area contributed by atoms with Crippen LogP contribution in [0.1, 0.15) is 48.5 Å². The van der Waals surface area contributed by atoms with Gasteiger partial charge in [-0.15, -0.1) is 0 Å². The van der Waals surface area contributed by atoms with Gasteiger partial charge in [-0.2, -0.15) is 0 Å². The van der Waals surface area contributed by atoms with E-state index in [4.69, 9.17) is 25.8 Å². The van der Waals surface area contributed by atoms with Crippen molar-refractivity contribution < 1.29 is 34.6 Å². The second-order valence-corrected chi connectivity index (χ2v) is 9.75. The monoisotopic (exact) mass is 492 g/mol. The predicted molar refractivity (Wildman–Crippen MR) is 127 cm³/mol. The number of rotatable bonds is 8. The van der Waals surface area contributed by atoms with Crippen LogP contribution in [0.3, 0.4) is 0 Å². The molecule has 0 aromatic heterocycles. The maximum absolute atomic E-state index is 10.5. The van der Waals surface area contributed by atoms with E-state index in [1.807, 2.05) is 30.3 Å². The van der Waals surface area contributed by atoms with Gasteiger partial charge < -0.3 is 34.6 Å². The highest BCUT2D eigenvalue weighted by Crippen LogP contribution is 2.36. The van der Waals surface area contributed by atoms with Crippen LogP contribution in [0.4, 0.5) is 0 Å². The highest BCUT2D eigenvalue weighted by molar-refractivity contribution is 6.31. The Morgan fingerprint density at radius 3 is 2.35 bits per heavy atom. The smallest absolute Gasteiger partial charge is 0.132 e. The molecule has 4 N–H and O–H groups in total. The highest BCUT2D eigenvalue weighted by atomic mass is 35.5. The molecule has 2 aliphatic rings. The van der Waals surface area contributed by atoms with Crippen molar-refractivity contribution in [3.8, 4) is 5.75 Å². The summed E-state index contributed by atoms with van der Waals surface area (Å²) in [4.78, 5) is 0. The maximum atomic E-state index is 10.5. The van der Waals surface area contributed by atoms with E-state index in [1.54, 1.807) is 19.2 Å². The van der Waals surface area contributed by atoms with Gasteiger partial charge in [0.15, 0.2) is 0 Å².